The Balaban J connectivity index is 1.91. The first-order valence-electron chi connectivity index (χ1n) is 6.49. The van der Waals surface area contributed by atoms with E-state index in [-0.39, 0.29) is 23.9 Å². The lowest BCUT2D eigenvalue weighted by molar-refractivity contribution is 0.413. The summed E-state index contributed by atoms with van der Waals surface area (Å²) in [7, 11) is 1.54. The first-order chi connectivity index (χ1) is 10.7. The van der Waals surface area contributed by atoms with Crippen LogP contribution in [0, 0.1) is 5.82 Å². The minimum atomic E-state index is -0.510. The molecule has 6 nitrogen and oxygen atoms in total. The summed E-state index contributed by atoms with van der Waals surface area (Å²) in [6.45, 7) is -0.00125. The third-order valence-corrected chi connectivity index (χ3v) is 3.06. The van der Waals surface area contributed by atoms with Gasteiger partial charge < -0.3 is 13.7 Å². The Labute approximate surface area is 124 Å². The highest BCUT2D eigenvalue weighted by Gasteiger charge is 2.13. The quantitative estimate of drug-likeness (QED) is 0.738. The molecule has 22 heavy (non-hydrogen) atoms. The van der Waals surface area contributed by atoms with Gasteiger partial charge in [0.05, 0.1) is 12.7 Å². The van der Waals surface area contributed by atoms with E-state index in [1.165, 1.54) is 0 Å². The van der Waals surface area contributed by atoms with Gasteiger partial charge in [-0.15, -0.1) is 10.2 Å². The number of nitrogens with zero attached hydrogens (tertiary/aromatic N) is 3. The van der Waals surface area contributed by atoms with E-state index in [9.17, 15) is 9.18 Å². The maximum absolute atomic E-state index is 13.2. The van der Waals surface area contributed by atoms with Crippen LogP contribution in [-0.2, 0) is 6.54 Å². The Hall–Kier alpha value is -2.96. The van der Waals surface area contributed by atoms with Crippen molar-refractivity contribution in [3.63, 3.8) is 0 Å². The third kappa shape index (κ3) is 2.73. The Morgan fingerprint density at radius 2 is 2.05 bits per heavy atom. The molecule has 0 saturated heterocycles. The largest absolute Gasteiger partial charge is 0.496 e. The minimum Gasteiger partial charge on any atom is -0.496 e. The third-order valence-electron chi connectivity index (χ3n) is 3.06. The fraction of sp³-hybridized carbons (Fsp3) is 0.133. The van der Waals surface area contributed by atoms with Crippen LogP contribution in [0.1, 0.15) is 5.89 Å². The Morgan fingerprint density at radius 1 is 1.23 bits per heavy atom. The SMILES string of the molecule is COc1ccccc1-c1nnc(Cn2cc(F)ccc2=O)o1. The molecule has 112 valence electrons. The maximum Gasteiger partial charge on any atom is 0.251 e. The van der Waals surface area contributed by atoms with Gasteiger partial charge in [-0.25, -0.2) is 4.39 Å². The predicted octanol–water partition coefficient (Wildman–Crippen LogP) is 2.09. The number of ether oxygens (including phenoxy) is 1. The highest BCUT2D eigenvalue weighted by Crippen LogP contribution is 2.28. The van der Waals surface area contributed by atoms with Crippen molar-refractivity contribution in [2.75, 3.05) is 7.11 Å². The average Bonchev–Trinajstić information content (AvgIpc) is 2.99. The maximum atomic E-state index is 13.2. The summed E-state index contributed by atoms with van der Waals surface area (Å²) in [5.74, 6) is 0.565. The summed E-state index contributed by atoms with van der Waals surface area (Å²) < 4.78 is 25.1. The molecule has 0 amide bonds. The average molecular weight is 301 g/mol. The number of pyridine rings is 1. The number of rotatable bonds is 4. The molecular formula is C15H12FN3O3. The number of para-hydroxylation sites is 1. The van der Waals surface area contributed by atoms with Crippen molar-refractivity contribution in [1.29, 1.82) is 0 Å². The fourth-order valence-corrected chi connectivity index (χ4v) is 2.02. The van der Waals surface area contributed by atoms with E-state index in [2.05, 4.69) is 10.2 Å². The van der Waals surface area contributed by atoms with Gasteiger partial charge in [-0.3, -0.25) is 4.79 Å². The van der Waals surface area contributed by atoms with Crippen LogP contribution in [0.5, 0.6) is 5.75 Å². The van der Waals surface area contributed by atoms with Crippen LogP contribution in [-0.4, -0.2) is 21.9 Å². The standard InChI is InChI=1S/C15H12FN3O3/c1-21-12-5-3-2-4-11(12)15-18-17-13(22-15)9-19-8-10(16)6-7-14(19)20/h2-8H,9H2,1H3. The summed E-state index contributed by atoms with van der Waals surface area (Å²) >= 11 is 0. The van der Waals surface area contributed by atoms with Crippen molar-refractivity contribution < 1.29 is 13.5 Å². The molecule has 1 aromatic carbocycles. The van der Waals surface area contributed by atoms with Gasteiger partial charge in [-0.2, -0.15) is 0 Å². The van der Waals surface area contributed by atoms with Gasteiger partial charge in [0.2, 0.25) is 5.89 Å². The molecule has 2 heterocycles. The molecule has 0 N–H and O–H groups in total. The second kappa shape index (κ2) is 5.80. The van der Waals surface area contributed by atoms with E-state index in [1.807, 2.05) is 12.1 Å². The molecular weight excluding hydrogens is 289 g/mol. The van der Waals surface area contributed by atoms with E-state index >= 15 is 0 Å². The lowest BCUT2D eigenvalue weighted by atomic mass is 10.2. The van der Waals surface area contributed by atoms with Crippen LogP contribution in [0.15, 0.2) is 51.8 Å². The monoisotopic (exact) mass is 301 g/mol. The van der Waals surface area contributed by atoms with Gasteiger partial charge in [0, 0.05) is 12.3 Å². The van der Waals surface area contributed by atoms with E-state index in [1.54, 1.807) is 19.2 Å². The highest BCUT2D eigenvalue weighted by molar-refractivity contribution is 5.62. The van der Waals surface area contributed by atoms with Crippen molar-refractivity contribution in [3.05, 3.63) is 64.7 Å². The van der Waals surface area contributed by atoms with Crippen molar-refractivity contribution in [2.45, 2.75) is 6.54 Å². The zero-order valence-electron chi connectivity index (χ0n) is 11.7. The summed E-state index contributed by atoms with van der Waals surface area (Å²) in [6, 6.07) is 9.45. The molecule has 0 unspecified atom stereocenters. The molecule has 0 aliphatic rings. The van der Waals surface area contributed by atoms with E-state index in [4.69, 9.17) is 9.15 Å². The number of methoxy groups -OCH3 is 1. The summed E-state index contributed by atoms with van der Waals surface area (Å²) in [4.78, 5) is 11.6. The first kappa shape index (κ1) is 14.0. The second-order valence-electron chi connectivity index (χ2n) is 4.51. The van der Waals surface area contributed by atoms with Crippen LogP contribution in [0.25, 0.3) is 11.5 Å². The van der Waals surface area contributed by atoms with Gasteiger partial charge in [-0.05, 0) is 18.2 Å². The predicted molar refractivity (Wildman–Crippen MR) is 76.0 cm³/mol. The summed E-state index contributed by atoms with van der Waals surface area (Å²) in [5.41, 5.74) is 0.300. The second-order valence-corrected chi connectivity index (χ2v) is 4.51. The van der Waals surface area contributed by atoms with Crippen LogP contribution < -0.4 is 10.3 Å². The van der Waals surface area contributed by atoms with Crippen LogP contribution >= 0.6 is 0 Å². The number of hydrogen-bond acceptors (Lipinski definition) is 5. The molecule has 0 spiro atoms. The number of aromatic nitrogens is 3. The zero-order valence-corrected chi connectivity index (χ0v) is 11.7. The molecule has 0 saturated carbocycles. The van der Waals surface area contributed by atoms with Gasteiger partial charge in [-0.1, -0.05) is 12.1 Å². The van der Waals surface area contributed by atoms with Crippen molar-refractivity contribution in [3.8, 4) is 17.2 Å². The molecule has 0 aliphatic heterocycles. The van der Waals surface area contributed by atoms with Crippen LogP contribution in [0.4, 0.5) is 4.39 Å². The van der Waals surface area contributed by atoms with Crippen LogP contribution in [0.3, 0.4) is 0 Å². The van der Waals surface area contributed by atoms with Gasteiger partial charge >= 0.3 is 0 Å². The smallest absolute Gasteiger partial charge is 0.251 e. The minimum absolute atomic E-state index is 0.00125. The molecule has 3 rings (SSSR count). The van der Waals surface area contributed by atoms with E-state index in [0.717, 1.165) is 22.9 Å². The van der Waals surface area contributed by atoms with E-state index < -0.39 is 5.82 Å². The Kier molecular flexibility index (Phi) is 3.69. The molecule has 2 aromatic heterocycles. The van der Waals surface area contributed by atoms with Gasteiger partial charge in [0.15, 0.2) is 0 Å². The molecule has 0 aliphatic carbocycles. The number of benzene rings is 1. The van der Waals surface area contributed by atoms with Gasteiger partial charge in [0.1, 0.15) is 18.1 Å². The molecule has 0 atom stereocenters. The lowest BCUT2D eigenvalue weighted by Gasteiger charge is -2.03. The molecule has 7 heteroatoms. The van der Waals surface area contributed by atoms with Gasteiger partial charge in [0.25, 0.3) is 11.4 Å². The summed E-state index contributed by atoms with van der Waals surface area (Å²) in [6.07, 6.45) is 1.09. The first-order valence-corrected chi connectivity index (χ1v) is 6.49. The number of hydrogen-bond donors (Lipinski definition) is 0. The zero-order chi connectivity index (χ0) is 15.5. The molecule has 0 fully saturated rings. The molecule has 3 aromatic rings. The Morgan fingerprint density at radius 3 is 2.86 bits per heavy atom. The normalized spacial score (nSPS) is 10.6. The van der Waals surface area contributed by atoms with Crippen molar-refractivity contribution >= 4 is 0 Å². The molecule has 0 radical (unpaired) electrons. The highest BCUT2D eigenvalue weighted by atomic mass is 19.1. The topological polar surface area (TPSA) is 70.2 Å². The van der Waals surface area contributed by atoms with Crippen molar-refractivity contribution in [1.82, 2.24) is 14.8 Å². The molecule has 0 bridgehead atoms. The Bertz CT molecular complexity index is 857. The van der Waals surface area contributed by atoms with Crippen molar-refractivity contribution in [2.24, 2.45) is 0 Å². The fourth-order valence-electron chi connectivity index (χ4n) is 2.02. The van der Waals surface area contributed by atoms with Crippen LogP contribution in [0.2, 0.25) is 0 Å². The lowest BCUT2D eigenvalue weighted by Crippen LogP contribution is -2.19. The van der Waals surface area contributed by atoms with E-state index in [0.29, 0.717) is 11.3 Å². The number of halogens is 1. The summed E-state index contributed by atoms with van der Waals surface area (Å²) in [5, 5.41) is 7.82.